The largest absolute Gasteiger partial charge is 0.492 e. The highest BCUT2D eigenvalue weighted by Crippen LogP contribution is 2.25. The molecule has 0 spiro atoms. The van der Waals surface area contributed by atoms with E-state index in [0.29, 0.717) is 23.7 Å². The Morgan fingerprint density at radius 1 is 1.04 bits per heavy atom. The van der Waals surface area contributed by atoms with Crippen molar-refractivity contribution in [1.82, 2.24) is 0 Å². The van der Waals surface area contributed by atoms with Gasteiger partial charge >= 0.3 is 5.97 Å². The lowest BCUT2D eigenvalue weighted by molar-refractivity contribution is -0.117. The minimum Gasteiger partial charge on any atom is -0.492 e. The van der Waals surface area contributed by atoms with Crippen LogP contribution >= 0.6 is 0 Å². The zero-order valence-corrected chi connectivity index (χ0v) is 16.2. The maximum absolute atomic E-state index is 12.4. The summed E-state index contributed by atoms with van der Waals surface area (Å²) in [5.41, 5.74) is 1.24. The van der Waals surface area contributed by atoms with Gasteiger partial charge in [0, 0.05) is 19.9 Å². The molecular weight excluding hydrogens is 360 g/mol. The Balaban J connectivity index is 2.12. The van der Waals surface area contributed by atoms with Crippen LogP contribution in [0.4, 0.5) is 11.4 Å². The zero-order valence-electron chi connectivity index (χ0n) is 16.2. The highest BCUT2D eigenvalue weighted by Gasteiger charge is 2.20. The van der Waals surface area contributed by atoms with Crippen LogP contribution in [0.3, 0.4) is 0 Å². The third-order valence-corrected chi connectivity index (χ3v) is 4.00. The number of para-hydroxylation sites is 3. The van der Waals surface area contributed by atoms with Gasteiger partial charge in [0.2, 0.25) is 11.8 Å². The quantitative estimate of drug-likeness (QED) is 0.706. The molecule has 0 aliphatic heterocycles. The standard InChI is InChI=1S/C21H24N2O5/c1-4-28-19-12-8-6-10-17(19)22-20(25)13-14-23(15(2)24)18-11-7-5-9-16(18)21(26)27-3/h5-12H,4,13-14H2,1-3H3,(H,22,25). The van der Waals surface area contributed by atoms with E-state index in [1.165, 1.54) is 18.9 Å². The molecule has 0 bridgehead atoms. The van der Waals surface area contributed by atoms with E-state index in [2.05, 4.69) is 5.32 Å². The topological polar surface area (TPSA) is 84.9 Å². The SMILES string of the molecule is CCOc1ccccc1NC(=O)CCN(C(C)=O)c1ccccc1C(=O)OC. The number of hydrogen-bond donors (Lipinski definition) is 1. The molecule has 7 nitrogen and oxygen atoms in total. The molecule has 1 N–H and O–H groups in total. The first-order valence-corrected chi connectivity index (χ1v) is 8.95. The molecule has 0 heterocycles. The van der Waals surface area contributed by atoms with Crippen molar-refractivity contribution in [1.29, 1.82) is 0 Å². The van der Waals surface area contributed by atoms with E-state index < -0.39 is 5.97 Å². The van der Waals surface area contributed by atoms with Crippen LogP contribution in [0.2, 0.25) is 0 Å². The van der Waals surface area contributed by atoms with Crippen LogP contribution in [0.15, 0.2) is 48.5 Å². The Hall–Kier alpha value is -3.35. The summed E-state index contributed by atoms with van der Waals surface area (Å²) in [6, 6.07) is 13.8. The van der Waals surface area contributed by atoms with Gasteiger partial charge in [-0.05, 0) is 31.2 Å². The Morgan fingerprint density at radius 3 is 2.39 bits per heavy atom. The van der Waals surface area contributed by atoms with Gasteiger partial charge in [-0.1, -0.05) is 24.3 Å². The van der Waals surface area contributed by atoms with Crippen LogP contribution in [-0.4, -0.2) is 38.0 Å². The van der Waals surface area contributed by atoms with Crippen molar-refractivity contribution in [3.63, 3.8) is 0 Å². The van der Waals surface area contributed by atoms with Gasteiger partial charge in [0.05, 0.1) is 30.7 Å². The summed E-state index contributed by atoms with van der Waals surface area (Å²) >= 11 is 0. The van der Waals surface area contributed by atoms with Crippen molar-refractivity contribution < 1.29 is 23.9 Å². The molecule has 0 saturated heterocycles. The van der Waals surface area contributed by atoms with Crippen molar-refractivity contribution in [2.45, 2.75) is 20.3 Å². The smallest absolute Gasteiger partial charge is 0.339 e. The van der Waals surface area contributed by atoms with Crippen LogP contribution in [0.5, 0.6) is 5.75 Å². The molecular formula is C21H24N2O5. The third kappa shape index (κ3) is 5.33. The summed E-state index contributed by atoms with van der Waals surface area (Å²) in [6.45, 7) is 3.85. The molecule has 0 fully saturated rings. The second kappa shape index (κ2) is 10.1. The van der Waals surface area contributed by atoms with E-state index in [0.717, 1.165) is 0 Å². The average Bonchev–Trinajstić information content (AvgIpc) is 2.69. The lowest BCUT2D eigenvalue weighted by Crippen LogP contribution is -2.33. The predicted molar refractivity (Wildman–Crippen MR) is 107 cm³/mol. The summed E-state index contributed by atoms with van der Waals surface area (Å²) in [5, 5.41) is 2.80. The monoisotopic (exact) mass is 384 g/mol. The second-order valence-corrected chi connectivity index (χ2v) is 5.91. The Kier molecular flexibility index (Phi) is 7.56. The highest BCUT2D eigenvalue weighted by molar-refractivity contribution is 6.02. The van der Waals surface area contributed by atoms with Crippen molar-refractivity contribution in [3.05, 3.63) is 54.1 Å². The van der Waals surface area contributed by atoms with E-state index in [9.17, 15) is 14.4 Å². The maximum Gasteiger partial charge on any atom is 0.339 e. The lowest BCUT2D eigenvalue weighted by Gasteiger charge is -2.23. The minimum absolute atomic E-state index is 0.0511. The summed E-state index contributed by atoms with van der Waals surface area (Å²) in [5.74, 6) is -0.512. The van der Waals surface area contributed by atoms with E-state index >= 15 is 0 Å². The number of hydrogen-bond acceptors (Lipinski definition) is 5. The number of amides is 2. The van der Waals surface area contributed by atoms with Crippen molar-refractivity contribution in [2.75, 3.05) is 30.5 Å². The van der Waals surface area contributed by atoms with Crippen LogP contribution in [0.25, 0.3) is 0 Å². The molecule has 2 rings (SSSR count). The fourth-order valence-corrected chi connectivity index (χ4v) is 2.72. The van der Waals surface area contributed by atoms with Crippen LogP contribution in [0, 0.1) is 0 Å². The third-order valence-electron chi connectivity index (χ3n) is 4.00. The first-order valence-electron chi connectivity index (χ1n) is 8.95. The zero-order chi connectivity index (χ0) is 20.5. The number of ether oxygens (including phenoxy) is 2. The summed E-state index contributed by atoms with van der Waals surface area (Å²) in [6.07, 6.45) is 0.0511. The Bertz CT molecular complexity index is 850. The molecule has 0 aliphatic rings. The molecule has 28 heavy (non-hydrogen) atoms. The number of carbonyl (C=O) groups excluding carboxylic acids is 3. The van der Waals surface area contributed by atoms with Gasteiger partial charge in [-0.25, -0.2) is 4.79 Å². The normalized spacial score (nSPS) is 10.1. The maximum atomic E-state index is 12.4. The lowest BCUT2D eigenvalue weighted by atomic mass is 10.1. The second-order valence-electron chi connectivity index (χ2n) is 5.91. The first kappa shape index (κ1) is 21.0. The van der Waals surface area contributed by atoms with E-state index in [-0.39, 0.29) is 30.3 Å². The van der Waals surface area contributed by atoms with Crippen LogP contribution in [0.1, 0.15) is 30.6 Å². The predicted octanol–water partition coefficient (Wildman–Crippen LogP) is 3.25. The Labute approximate surface area is 164 Å². The minimum atomic E-state index is -0.544. The van der Waals surface area contributed by atoms with Gasteiger partial charge in [0.15, 0.2) is 0 Å². The molecule has 0 radical (unpaired) electrons. The number of anilines is 2. The number of nitrogens with zero attached hydrogens (tertiary/aromatic N) is 1. The molecule has 0 atom stereocenters. The van der Waals surface area contributed by atoms with Crippen molar-refractivity contribution in [3.8, 4) is 5.75 Å². The van der Waals surface area contributed by atoms with E-state index in [1.54, 1.807) is 42.5 Å². The molecule has 0 saturated carbocycles. The molecule has 0 aliphatic carbocycles. The van der Waals surface area contributed by atoms with Gasteiger partial charge in [-0.3, -0.25) is 9.59 Å². The molecule has 0 aromatic heterocycles. The fraction of sp³-hybridized carbons (Fsp3) is 0.286. The van der Waals surface area contributed by atoms with Gasteiger partial charge in [-0.15, -0.1) is 0 Å². The fourth-order valence-electron chi connectivity index (χ4n) is 2.72. The van der Waals surface area contributed by atoms with Crippen LogP contribution in [-0.2, 0) is 14.3 Å². The van der Waals surface area contributed by atoms with Crippen molar-refractivity contribution in [2.24, 2.45) is 0 Å². The Morgan fingerprint density at radius 2 is 1.71 bits per heavy atom. The number of methoxy groups -OCH3 is 1. The van der Waals surface area contributed by atoms with Gasteiger partial charge in [-0.2, -0.15) is 0 Å². The van der Waals surface area contributed by atoms with Crippen LogP contribution < -0.4 is 15.0 Å². The van der Waals surface area contributed by atoms with E-state index in [1.807, 2.05) is 13.0 Å². The summed E-state index contributed by atoms with van der Waals surface area (Å²) in [4.78, 5) is 37.9. The van der Waals surface area contributed by atoms with Gasteiger partial charge in [0.25, 0.3) is 0 Å². The molecule has 2 amide bonds. The number of rotatable bonds is 8. The molecule has 2 aromatic rings. The highest BCUT2D eigenvalue weighted by atomic mass is 16.5. The number of esters is 1. The number of benzene rings is 2. The summed E-state index contributed by atoms with van der Waals surface area (Å²) < 4.78 is 10.3. The van der Waals surface area contributed by atoms with Crippen molar-refractivity contribution >= 4 is 29.2 Å². The number of nitrogens with one attached hydrogen (secondary N) is 1. The average molecular weight is 384 g/mol. The molecule has 7 heteroatoms. The molecule has 2 aromatic carbocycles. The number of carbonyl (C=O) groups is 3. The van der Waals surface area contributed by atoms with Gasteiger partial charge in [0.1, 0.15) is 5.75 Å². The first-order chi connectivity index (χ1) is 13.5. The van der Waals surface area contributed by atoms with Gasteiger partial charge < -0.3 is 19.7 Å². The van der Waals surface area contributed by atoms with E-state index in [4.69, 9.17) is 9.47 Å². The molecule has 148 valence electrons. The molecule has 0 unspecified atom stereocenters. The summed E-state index contributed by atoms with van der Waals surface area (Å²) in [7, 11) is 1.28.